The summed E-state index contributed by atoms with van der Waals surface area (Å²) in [5, 5.41) is 2.81. The van der Waals surface area contributed by atoms with Gasteiger partial charge in [0.25, 0.3) is 5.91 Å². The van der Waals surface area contributed by atoms with Gasteiger partial charge >= 0.3 is 0 Å². The second kappa shape index (κ2) is 7.64. The molecule has 4 rings (SSSR count). The first-order valence-electron chi connectivity index (χ1n) is 9.24. The van der Waals surface area contributed by atoms with Gasteiger partial charge < -0.3 is 9.88 Å². The number of imidazole rings is 1. The number of hydrogen-bond donors (Lipinski definition) is 1. The van der Waals surface area contributed by atoms with Crippen LogP contribution in [0.5, 0.6) is 0 Å². The minimum Gasteiger partial charge on any atom is -0.352 e. The van der Waals surface area contributed by atoms with Gasteiger partial charge in [-0.25, -0.2) is 9.37 Å². The molecule has 0 aliphatic heterocycles. The molecular formula is C23H20FN3O. The zero-order valence-electron chi connectivity index (χ0n) is 15.5. The smallest absolute Gasteiger partial charge is 0.251 e. The average Bonchev–Trinajstić information content (AvgIpc) is 3.07. The molecule has 1 amide bonds. The maximum absolute atomic E-state index is 13.4. The third-order valence-corrected chi connectivity index (χ3v) is 4.63. The van der Waals surface area contributed by atoms with Crippen LogP contribution < -0.4 is 5.32 Å². The molecule has 140 valence electrons. The van der Waals surface area contributed by atoms with E-state index in [-0.39, 0.29) is 11.7 Å². The molecule has 1 N–H and O–H groups in total. The monoisotopic (exact) mass is 373 g/mol. The molecule has 0 saturated heterocycles. The second-order valence-electron chi connectivity index (χ2n) is 6.58. The zero-order chi connectivity index (χ0) is 19.5. The van der Waals surface area contributed by atoms with Gasteiger partial charge in [0.05, 0.1) is 11.0 Å². The first kappa shape index (κ1) is 17.9. The molecule has 0 radical (unpaired) electrons. The van der Waals surface area contributed by atoms with E-state index in [0.717, 1.165) is 28.0 Å². The summed E-state index contributed by atoms with van der Waals surface area (Å²) in [4.78, 5) is 17.0. The van der Waals surface area contributed by atoms with Crippen molar-refractivity contribution >= 4 is 16.9 Å². The van der Waals surface area contributed by atoms with Gasteiger partial charge in [0.15, 0.2) is 0 Å². The quantitative estimate of drug-likeness (QED) is 0.554. The predicted molar refractivity (Wildman–Crippen MR) is 109 cm³/mol. The third-order valence-electron chi connectivity index (χ3n) is 4.63. The van der Waals surface area contributed by atoms with Crippen molar-refractivity contribution in [2.24, 2.45) is 0 Å². The number of nitrogens with one attached hydrogen (secondary N) is 1. The number of nitrogens with zero attached hydrogens (tertiary/aromatic N) is 2. The molecule has 4 nitrogen and oxygen atoms in total. The van der Waals surface area contributed by atoms with Crippen molar-refractivity contribution in [1.82, 2.24) is 14.9 Å². The van der Waals surface area contributed by atoms with Gasteiger partial charge in [0, 0.05) is 24.2 Å². The van der Waals surface area contributed by atoms with Crippen LogP contribution >= 0.6 is 0 Å². The standard InChI is InChI=1S/C23H20FN3O/c1-2-25-23(28)18-10-13-21-20(14-18)26-22(17-8-11-19(24)12-9-17)27(21)15-16-6-4-3-5-7-16/h3-14H,2,15H2,1H3,(H,25,28). The molecule has 3 aromatic carbocycles. The Morgan fingerprint density at radius 2 is 1.79 bits per heavy atom. The summed E-state index contributed by atoms with van der Waals surface area (Å²) in [5.41, 5.74) is 4.20. The first-order chi connectivity index (χ1) is 13.7. The van der Waals surface area contributed by atoms with Crippen LogP contribution in [0.15, 0.2) is 72.8 Å². The van der Waals surface area contributed by atoms with Crippen molar-refractivity contribution in [2.75, 3.05) is 6.54 Å². The summed E-state index contributed by atoms with van der Waals surface area (Å²) in [6.45, 7) is 3.09. The lowest BCUT2D eigenvalue weighted by atomic mass is 10.1. The van der Waals surface area contributed by atoms with Gasteiger partial charge in [-0.05, 0) is 55.0 Å². The van der Waals surface area contributed by atoms with Gasteiger partial charge in [0.1, 0.15) is 11.6 Å². The van der Waals surface area contributed by atoms with Crippen LogP contribution in [0, 0.1) is 5.82 Å². The largest absolute Gasteiger partial charge is 0.352 e. The summed E-state index contributed by atoms with van der Waals surface area (Å²) < 4.78 is 15.5. The van der Waals surface area contributed by atoms with Crippen LogP contribution in [-0.2, 0) is 6.54 Å². The number of carbonyl (C=O) groups is 1. The molecule has 28 heavy (non-hydrogen) atoms. The fraction of sp³-hybridized carbons (Fsp3) is 0.130. The molecule has 0 fully saturated rings. The summed E-state index contributed by atoms with van der Waals surface area (Å²) >= 11 is 0. The Bertz CT molecular complexity index is 1120. The maximum atomic E-state index is 13.4. The maximum Gasteiger partial charge on any atom is 0.251 e. The van der Waals surface area contributed by atoms with E-state index >= 15 is 0 Å². The second-order valence-corrected chi connectivity index (χ2v) is 6.58. The Morgan fingerprint density at radius 1 is 1.04 bits per heavy atom. The summed E-state index contributed by atoms with van der Waals surface area (Å²) in [6, 6.07) is 21.9. The summed E-state index contributed by atoms with van der Waals surface area (Å²) in [7, 11) is 0. The van der Waals surface area contributed by atoms with Crippen molar-refractivity contribution in [3.05, 3.63) is 89.7 Å². The predicted octanol–water partition coefficient (Wildman–Crippen LogP) is 4.64. The van der Waals surface area contributed by atoms with Crippen LogP contribution in [-0.4, -0.2) is 22.0 Å². The van der Waals surface area contributed by atoms with Crippen molar-refractivity contribution in [3.63, 3.8) is 0 Å². The zero-order valence-corrected chi connectivity index (χ0v) is 15.5. The molecule has 0 aliphatic rings. The minimum absolute atomic E-state index is 0.120. The molecule has 1 heterocycles. The number of fused-ring (bicyclic) bond motifs is 1. The van der Waals surface area contributed by atoms with Crippen molar-refractivity contribution < 1.29 is 9.18 Å². The highest BCUT2D eigenvalue weighted by molar-refractivity contribution is 5.97. The first-order valence-corrected chi connectivity index (χ1v) is 9.24. The van der Waals surface area contributed by atoms with E-state index < -0.39 is 0 Å². The molecule has 0 aliphatic carbocycles. The number of rotatable bonds is 5. The molecule has 5 heteroatoms. The van der Waals surface area contributed by atoms with E-state index in [1.807, 2.05) is 37.3 Å². The van der Waals surface area contributed by atoms with Gasteiger partial charge in [-0.3, -0.25) is 4.79 Å². The highest BCUT2D eigenvalue weighted by Crippen LogP contribution is 2.27. The van der Waals surface area contributed by atoms with Crippen molar-refractivity contribution in [1.29, 1.82) is 0 Å². The lowest BCUT2D eigenvalue weighted by Gasteiger charge is -2.10. The Labute approximate surface area is 162 Å². The van der Waals surface area contributed by atoms with Crippen molar-refractivity contribution in [3.8, 4) is 11.4 Å². The number of halogens is 1. The summed E-state index contributed by atoms with van der Waals surface area (Å²) in [6.07, 6.45) is 0. The highest BCUT2D eigenvalue weighted by atomic mass is 19.1. The van der Waals surface area contributed by atoms with Gasteiger partial charge in [-0.2, -0.15) is 0 Å². The summed E-state index contributed by atoms with van der Waals surface area (Å²) in [5.74, 6) is 0.338. The van der Waals surface area contributed by atoms with E-state index in [1.165, 1.54) is 12.1 Å². The van der Waals surface area contributed by atoms with Gasteiger partial charge in [-0.15, -0.1) is 0 Å². The van der Waals surface area contributed by atoms with E-state index in [0.29, 0.717) is 18.7 Å². The third kappa shape index (κ3) is 3.51. The number of carbonyl (C=O) groups excluding carboxylic acids is 1. The minimum atomic E-state index is -0.284. The Balaban J connectivity index is 1.85. The Hall–Kier alpha value is -3.47. The van der Waals surface area contributed by atoms with Crippen molar-refractivity contribution in [2.45, 2.75) is 13.5 Å². The Morgan fingerprint density at radius 3 is 2.50 bits per heavy atom. The van der Waals surface area contributed by atoms with E-state index in [2.05, 4.69) is 22.0 Å². The molecule has 0 bridgehead atoms. The molecule has 0 atom stereocenters. The molecule has 0 saturated carbocycles. The fourth-order valence-electron chi connectivity index (χ4n) is 3.28. The van der Waals surface area contributed by atoms with Crippen LogP contribution in [0.2, 0.25) is 0 Å². The molecular weight excluding hydrogens is 353 g/mol. The Kier molecular flexibility index (Phi) is 4.89. The van der Waals surface area contributed by atoms with Crippen LogP contribution in [0.3, 0.4) is 0 Å². The number of benzene rings is 3. The molecule has 0 unspecified atom stereocenters. The molecule has 1 aromatic heterocycles. The van der Waals surface area contributed by atoms with E-state index in [1.54, 1.807) is 18.2 Å². The number of aromatic nitrogens is 2. The lowest BCUT2D eigenvalue weighted by molar-refractivity contribution is 0.0956. The van der Waals surface area contributed by atoms with Crippen LogP contribution in [0.1, 0.15) is 22.8 Å². The molecule has 0 spiro atoms. The highest BCUT2D eigenvalue weighted by Gasteiger charge is 2.15. The van der Waals surface area contributed by atoms with E-state index in [4.69, 9.17) is 4.98 Å². The number of hydrogen-bond acceptors (Lipinski definition) is 2. The van der Waals surface area contributed by atoms with Gasteiger partial charge in [-0.1, -0.05) is 30.3 Å². The SMILES string of the molecule is CCNC(=O)c1ccc2c(c1)nc(-c1ccc(F)cc1)n2Cc1ccccc1. The average molecular weight is 373 g/mol. The van der Waals surface area contributed by atoms with Gasteiger partial charge in [0.2, 0.25) is 0 Å². The molecule has 4 aromatic rings. The topological polar surface area (TPSA) is 46.9 Å². The van der Waals surface area contributed by atoms with E-state index in [9.17, 15) is 9.18 Å². The normalized spacial score (nSPS) is 10.9. The lowest BCUT2D eigenvalue weighted by Crippen LogP contribution is -2.22. The fourth-order valence-corrected chi connectivity index (χ4v) is 3.28. The van der Waals surface area contributed by atoms with Crippen LogP contribution in [0.25, 0.3) is 22.4 Å². The number of amides is 1. The van der Waals surface area contributed by atoms with Crippen LogP contribution in [0.4, 0.5) is 4.39 Å².